The largest absolute Gasteiger partial charge is 0.366 e. The molecule has 6 heteroatoms. The molecule has 1 fully saturated rings. The first-order valence-corrected chi connectivity index (χ1v) is 9.80. The number of rotatable bonds is 6. The van der Waals surface area contributed by atoms with Crippen molar-refractivity contribution in [1.29, 1.82) is 0 Å². The van der Waals surface area contributed by atoms with Crippen LogP contribution >= 0.6 is 0 Å². The van der Waals surface area contributed by atoms with Gasteiger partial charge in [0.15, 0.2) is 0 Å². The zero-order valence-corrected chi connectivity index (χ0v) is 14.8. The van der Waals surface area contributed by atoms with E-state index in [9.17, 15) is 9.00 Å². The molecule has 3 rings (SSSR count). The Morgan fingerprint density at radius 1 is 1.12 bits per heavy atom. The highest BCUT2D eigenvalue weighted by Gasteiger charge is 2.21. The summed E-state index contributed by atoms with van der Waals surface area (Å²) in [7, 11) is -0.995. The summed E-state index contributed by atoms with van der Waals surface area (Å²) in [6.07, 6.45) is -0.468. The topological polar surface area (TPSA) is 67.4 Å². The number of anilines is 1. The standard InChI is InChI=1S/C19H22N2O3S/c22-19(18-12-20-9-10-24-18)21-17-8-4-7-16(11-17)14-25(23)13-15-5-2-1-3-6-15/h1-8,11,18,20H,9-10,12-14H2,(H,21,22). The molecule has 1 aliphatic heterocycles. The Balaban J connectivity index is 1.57. The number of carbonyl (C=O) groups excluding carboxylic acids is 1. The van der Waals surface area contributed by atoms with Gasteiger partial charge in [0, 0.05) is 41.1 Å². The van der Waals surface area contributed by atoms with Crippen molar-refractivity contribution >= 4 is 22.4 Å². The minimum absolute atomic E-state index is 0.158. The lowest BCUT2D eigenvalue weighted by Crippen LogP contribution is -2.45. The lowest BCUT2D eigenvalue weighted by molar-refractivity contribution is -0.128. The zero-order chi connectivity index (χ0) is 17.5. The average molecular weight is 358 g/mol. The molecule has 2 aromatic carbocycles. The molecule has 0 bridgehead atoms. The molecule has 1 saturated heterocycles. The first-order valence-electron chi connectivity index (χ1n) is 8.32. The van der Waals surface area contributed by atoms with E-state index in [1.165, 1.54) is 0 Å². The number of hydrogen-bond donors (Lipinski definition) is 2. The molecule has 2 aromatic rings. The van der Waals surface area contributed by atoms with Crippen LogP contribution in [0.5, 0.6) is 0 Å². The van der Waals surface area contributed by atoms with Gasteiger partial charge in [-0.25, -0.2) is 0 Å². The molecule has 0 spiro atoms. The van der Waals surface area contributed by atoms with Crippen molar-refractivity contribution in [2.24, 2.45) is 0 Å². The van der Waals surface area contributed by atoms with Crippen LogP contribution in [0.25, 0.3) is 0 Å². The van der Waals surface area contributed by atoms with Gasteiger partial charge in [0.05, 0.1) is 6.61 Å². The number of nitrogens with one attached hydrogen (secondary N) is 2. The van der Waals surface area contributed by atoms with E-state index in [1.54, 1.807) is 0 Å². The summed E-state index contributed by atoms with van der Waals surface area (Å²) < 4.78 is 17.8. The van der Waals surface area contributed by atoms with Crippen molar-refractivity contribution in [1.82, 2.24) is 5.32 Å². The molecular weight excluding hydrogens is 336 g/mol. The predicted molar refractivity (Wildman–Crippen MR) is 99.7 cm³/mol. The molecule has 1 amide bonds. The Bertz CT molecular complexity index is 730. The Hall–Kier alpha value is -2.02. The average Bonchev–Trinajstić information content (AvgIpc) is 2.63. The van der Waals surface area contributed by atoms with E-state index in [0.717, 1.165) is 17.7 Å². The monoisotopic (exact) mass is 358 g/mol. The van der Waals surface area contributed by atoms with Crippen molar-refractivity contribution in [2.45, 2.75) is 17.6 Å². The number of benzene rings is 2. The summed E-state index contributed by atoms with van der Waals surface area (Å²) in [6.45, 7) is 1.83. The van der Waals surface area contributed by atoms with Crippen molar-refractivity contribution in [3.63, 3.8) is 0 Å². The molecule has 2 N–H and O–H groups in total. The molecule has 0 saturated carbocycles. The molecule has 25 heavy (non-hydrogen) atoms. The first kappa shape index (κ1) is 17.8. The van der Waals surface area contributed by atoms with Gasteiger partial charge in [0.1, 0.15) is 6.10 Å². The summed E-state index contributed by atoms with van der Waals surface area (Å²) in [5.41, 5.74) is 2.70. The zero-order valence-electron chi connectivity index (χ0n) is 13.9. The maximum absolute atomic E-state index is 12.4. The van der Waals surface area contributed by atoms with Crippen LogP contribution in [0.2, 0.25) is 0 Å². The predicted octanol–water partition coefficient (Wildman–Crippen LogP) is 2.06. The maximum Gasteiger partial charge on any atom is 0.254 e. The summed E-state index contributed by atoms with van der Waals surface area (Å²) in [6, 6.07) is 17.3. The molecule has 0 aromatic heterocycles. The van der Waals surface area contributed by atoms with Crippen molar-refractivity contribution < 1.29 is 13.7 Å². The Kier molecular flexibility index (Phi) is 6.33. The SMILES string of the molecule is O=C(Nc1cccc(CS(=O)Cc2ccccc2)c1)C1CNCCO1. The van der Waals surface area contributed by atoms with Crippen molar-refractivity contribution in [3.05, 3.63) is 65.7 Å². The van der Waals surface area contributed by atoms with Gasteiger partial charge in [-0.15, -0.1) is 0 Å². The van der Waals surface area contributed by atoms with Gasteiger partial charge in [-0.2, -0.15) is 0 Å². The van der Waals surface area contributed by atoms with Gasteiger partial charge in [-0.3, -0.25) is 9.00 Å². The van der Waals surface area contributed by atoms with Gasteiger partial charge in [-0.1, -0.05) is 42.5 Å². The van der Waals surface area contributed by atoms with Crippen LogP contribution in [0.3, 0.4) is 0 Å². The van der Waals surface area contributed by atoms with Crippen LogP contribution in [0.15, 0.2) is 54.6 Å². The van der Waals surface area contributed by atoms with E-state index in [2.05, 4.69) is 10.6 Å². The molecule has 2 atom stereocenters. The normalized spacial score (nSPS) is 18.5. The lowest BCUT2D eigenvalue weighted by atomic mass is 10.2. The quantitative estimate of drug-likeness (QED) is 0.829. The summed E-state index contributed by atoms with van der Waals surface area (Å²) in [5.74, 6) is 0.828. The summed E-state index contributed by atoms with van der Waals surface area (Å²) in [4.78, 5) is 12.2. The molecule has 2 unspecified atom stereocenters. The number of hydrogen-bond acceptors (Lipinski definition) is 4. The molecule has 5 nitrogen and oxygen atoms in total. The van der Waals surface area contributed by atoms with E-state index in [4.69, 9.17) is 4.74 Å². The molecule has 1 aliphatic rings. The highest BCUT2D eigenvalue weighted by atomic mass is 32.2. The van der Waals surface area contributed by atoms with Crippen LogP contribution < -0.4 is 10.6 Å². The second kappa shape index (κ2) is 8.89. The second-order valence-electron chi connectivity index (χ2n) is 5.97. The van der Waals surface area contributed by atoms with Crippen LogP contribution in [-0.2, 0) is 31.8 Å². The summed E-state index contributed by atoms with van der Waals surface area (Å²) in [5, 5.41) is 6.01. The fourth-order valence-corrected chi connectivity index (χ4v) is 3.91. The number of amides is 1. The third-order valence-corrected chi connectivity index (χ3v) is 5.22. The Morgan fingerprint density at radius 3 is 2.64 bits per heavy atom. The highest BCUT2D eigenvalue weighted by molar-refractivity contribution is 7.83. The Morgan fingerprint density at radius 2 is 1.88 bits per heavy atom. The molecule has 1 heterocycles. The van der Waals surface area contributed by atoms with E-state index < -0.39 is 16.9 Å². The maximum atomic E-state index is 12.4. The third kappa shape index (κ3) is 5.49. The number of carbonyl (C=O) groups is 1. The van der Waals surface area contributed by atoms with Gasteiger partial charge < -0.3 is 15.4 Å². The smallest absolute Gasteiger partial charge is 0.254 e. The van der Waals surface area contributed by atoms with Crippen LogP contribution in [-0.4, -0.2) is 35.9 Å². The minimum atomic E-state index is -0.995. The van der Waals surface area contributed by atoms with Crippen LogP contribution in [0.1, 0.15) is 11.1 Å². The lowest BCUT2D eigenvalue weighted by Gasteiger charge is -2.22. The molecule has 132 valence electrons. The van der Waals surface area contributed by atoms with Gasteiger partial charge in [-0.05, 0) is 23.3 Å². The Labute approximate surface area is 150 Å². The van der Waals surface area contributed by atoms with Crippen LogP contribution in [0.4, 0.5) is 5.69 Å². The van der Waals surface area contributed by atoms with Crippen molar-refractivity contribution in [3.8, 4) is 0 Å². The van der Waals surface area contributed by atoms with E-state index in [-0.39, 0.29) is 5.91 Å². The fourth-order valence-electron chi connectivity index (χ4n) is 2.69. The van der Waals surface area contributed by atoms with Crippen molar-refractivity contribution in [2.75, 3.05) is 25.0 Å². The number of morpholine rings is 1. The van der Waals surface area contributed by atoms with E-state index in [1.807, 2.05) is 54.6 Å². The van der Waals surface area contributed by atoms with E-state index in [0.29, 0.717) is 30.3 Å². The first-order chi connectivity index (χ1) is 12.2. The van der Waals surface area contributed by atoms with Gasteiger partial charge in [0.25, 0.3) is 5.91 Å². The second-order valence-corrected chi connectivity index (χ2v) is 7.42. The van der Waals surface area contributed by atoms with Crippen LogP contribution in [0, 0.1) is 0 Å². The number of ether oxygens (including phenoxy) is 1. The molecule has 0 aliphatic carbocycles. The third-order valence-electron chi connectivity index (χ3n) is 3.91. The minimum Gasteiger partial charge on any atom is -0.366 e. The van der Waals surface area contributed by atoms with Gasteiger partial charge >= 0.3 is 0 Å². The van der Waals surface area contributed by atoms with E-state index >= 15 is 0 Å². The summed E-state index contributed by atoms with van der Waals surface area (Å²) >= 11 is 0. The van der Waals surface area contributed by atoms with Gasteiger partial charge in [0.2, 0.25) is 0 Å². The highest BCUT2D eigenvalue weighted by Crippen LogP contribution is 2.15. The molecular formula is C19H22N2O3S. The molecule has 0 radical (unpaired) electrons. The fraction of sp³-hybridized carbons (Fsp3) is 0.316.